The first-order chi connectivity index (χ1) is 6.35. The van der Waals surface area contributed by atoms with Crippen LogP contribution in [0.5, 0.6) is 0 Å². The molecule has 0 heterocycles. The highest BCUT2D eigenvalue weighted by Gasteiger charge is 2.05. The highest BCUT2D eigenvalue weighted by Crippen LogP contribution is 2.12. The van der Waals surface area contributed by atoms with Gasteiger partial charge in [-0.1, -0.05) is 6.42 Å². The predicted molar refractivity (Wildman–Crippen MR) is 49.4 cm³/mol. The van der Waals surface area contributed by atoms with E-state index in [0.717, 1.165) is 38.1 Å². The van der Waals surface area contributed by atoms with Gasteiger partial charge in [0.1, 0.15) is 18.9 Å². The molecule has 3 heteroatoms. The molecule has 74 valence electrons. The van der Waals surface area contributed by atoms with Crippen LogP contribution >= 0.6 is 0 Å². The van der Waals surface area contributed by atoms with E-state index >= 15 is 0 Å². The molecule has 0 aromatic heterocycles. The van der Waals surface area contributed by atoms with Crippen molar-refractivity contribution in [3.63, 3.8) is 0 Å². The van der Waals surface area contributed by atoms with E-state index in [9.17, 15) is 14.4 Å². The minimum absolute atomic E-state index is 0.00291. The van der Waals surface area contributed by atoms with Gasteiger partial charge >= 0.3 is 0 Å². The number of hydrogen-bond donors (Lipinski definition) is 0. The predicted octanol–water partition coefficient (Wildman–Crippen LogP) is 1.54. The molecule has 1 atom stereocenters. The molecule has 0 radical (unpaired) electrons. The monoisotopic (exact) mass is 184 g/mol. The van der Waals surface area contributed by atoms with Gasteiger partial charge in [0.05, 0.1) is 0 Å². The number of carbonyl (C=O) groups is 3. The largest absolute Gasteiger partial charge is 0.303 e. The lowest BCUT2D eigenvalue weighted by molar-refractivity contribution is -0.112. The molecular formula is C10H16O3. The maximum absolute atomic E-state index is 10.5. The Bertz CT molecular complexity index is 154. The van der Waals surface area contributed by atoms with E-state index in [1.165, 1.54) is 0 Å². The van der Waals surface area contributed by atoms with Crippen LogP contribution in [0.3, 0.4) is 0 Å². The van der Waals surface area contributed by atoms with Crippen molar-refractivity contribution in [2.24, 2.45) is 5.92 Å². The van der Waals surface area contributed by atoms with Crippen LogP contribution in [0.1, 0.15) is 38.5 Å². The topological polar surface area (TPSA) is 51.2 Å². The third-order valence-corrected chi connectivity index (χ3v) is 1.99. The van der Waals surface area contributed by atoms with Crippen molar-refractivity contribution >= 4 is 18.9 Å². The minimum Gasteiger partial charge on any atom is -0.303 e. The molecule has 0 aromatic rings. The summed E-state index contributed by atoms with van der Waals surface area (Å²) >= 11 is 0. The highest BCUT2D eigenvalue weighted by molar-refractivity contribution is 5.55. The summed E-state index contributed by atoms with van der Waals surface area (Å²) in [5.74, 6) is -0.00291. The fourth-order valence-corrected chi connectivity index (χ4v) is 1.20. The van der Waals surface area contributed by atoms with E-state index in [1.54, 1.807) is 0 Å². The lowest BCUT2D eigenvalue weighted by atomic mass is 9.98. The second kappa shape index (κ2) is 9.10. The van der Waals surface area contributed by atoms with Gasteiger partial charge in [0.25, 0.3) is 0 Å². The molecule has 0 spiro atoms. The van der Waals surface area contributed by atoms with E-state index in [0.29, 0.717) is 19.3 Å². The van der Waals surface area contributed by atoms with E-state index < -0.39 is 0 Å². The molecule has 0 saturated carbocycles. The van der Waals surface area contributed by atoms with Gasteiger partial charge < -0.3 is 14.4 Å². The maximum atomic E-state index is 10.5. The van der Waals surface area contributed by atoms with Crippen LogP contribution in [-0.4, -0.2) is 18.9 Å². The molecule has 0 aromatic carbocycles. The molecule has 0 aliphatic rings. The average molecular weight is 184 g/mol. The Kier molecular flexibility index (Phi) is 8.41. The first kappa shape index (κ1) is 12.0. The smallest absolute Gasteiger partial charge is 0.123 e. The lowest BCUT2D eigenvalue weighted by Gasteiger charge is -2.06. The number of unbranched alkanes of at least 4 members (excludes halogenated alkanes) is 2. The van der Waals surface area contributed by atoms with Gasteiger partial charge in [-0.05, 0) is 19.3 Å². The summed E-state index contributed by atoms with van der Waals surface area (Å²) in [6.07, 6.45) is 6.83. The van der Waals surface area contributed by atoms with Gasteiger partial charge in [-0.2, -0.15) is 0 Å². The number of carbonyl (C=O) groups excluding carboxylic acids is 3. The second-order valence-corrected chi connectivity index (χ2v) is 3.09. The molecule has 0 rings (SSSR count). The van der Waals surface area contributed by atoms with Crippen LogP contribution in [0.2, 0.25) is 0 Å². The van der Waals surface area contributed by atoms with Crippen molar-refractivity contribution in [3.8, 4) is 0 Å². The van der Waals surface area contributed by atoms with E-state index in [-0.39, 0.29) is 5.92 Å². The van der Waals surface area contributed by atoms with Crippen LogP contribution in [0, 0.1) is 5.92 Å². The lowest BCUT2D eigenvalue weighted by Crippen LogP contribution is -2.02. The first-order valence-corrected chi connectivity index (χ1v) is 4.67. The Morgan fingerprint density at radius 2 is 1.54 bits per heavy atom. The van der Waals surface area contributed by atoms with Crippen molar-refractivity contribution in [2.75, 3.05) is 0 Å². The third kappa shape index (κ3) is 7.37. The quantitative estimate of drug-likeness (QED) is 0.403. The maximum Gasteiger partial charge on any atom is 0.123 e. The summed E-state index contributed by atoms with van der Waals surface area (Å²) < 4.78 is 0. The van der Waals surface area contributed by atoms with Crippen LogP contribution in [0.4, 0.5) is 0 Å². The molecule has 0 fully saturated rings. The zero-order valence-electron chi connectivity index (χ0n) is 7.78. The summed E-state index contributed by atoms with van der Waals surface area (Å²) in [6, 6.07) is 0. The molecule has 13 heavy (non-hydrogen) atoms. The number of rotatable bonds is 9. The third-order valence-electron chi connectivity index (χ3n) is 1.99. The van der Waals surface area contributed by atoms with Crippen molar-refractivity contribution in [2.45, 2.75) is 38.5 Å². The molecule has 0 N–H and O–H groups in total. The van der Waals surface area contributed by atoms with Gasteiger partial charge in [-0.15, -0.1) is 0 Å². The Morgan fingerprint density at radius 3 is 2.08 bits per heavy atom. The van der Waals surface area contributed by atoms with Crippen molar-refractivity contribution in [1.29, 1.82) is 0 Å². The Morgan fingerprint density at radius 1 is 0.846 bits per heavy atom. The summed E-state index contributed by atoms with van der Waals surface area (Å²) in [6.45, 7) is 0. The summed E-state index contributed by atoms with van der Waals surface area (Å²) in [5, 5.41) is 0. The van der Waals surface area contributed by atoms with Gasteiger partial charge in [0, 0.05) is 18.8 Å². The number of aldehydes is 3. The van der Waals surface area contributed by atoms with Gasteiger partial charge in [0.15, 0.2) is 0 Å². The minimum atomic E-state index is -0.00291. The molecular weight excluding hydrogens is 168 g/mol. The first-order valence-electron chi connectivity index (χ1n) is 4.67. The molecule has 0 amide bonds. The zero-order chi connectivity index (χ0) is 9.94. The molecule has 0 bridgehead atoms. The van der Waals surface area contributed by atoms with E-state index in [2.05, 4.69) is 0 Å². The second-order valence-electron chi connectivity index (χ2n) is 3.09. The van der Waals surface area contributed by atoms with E-state index in [4.69, 9.17) is 0 Å². The van der Waals surface area contributed by atoms with E-state index in [1.807, 2.05) is 0 Å². The van der Waals surface area contributed by atoms with Crippen LogP contribution in [0.25, 0.3) is 0 Å². The fourth-order valence-electron chi connectivity index (χ4n) is 1.20. The molecule has 0 saturated heterocycles. The van der Waals surface area contributed by atoms with Crippen LogP contribution in [0.15, 0.2) is 0 Å². The Labute approximate surface area is 78.5 Å². The Balaban J connectivity index is 3.40. The molecule has 0 aliphatic carbocycles. The zero-order valence-corrected chi connectivity index (χ0v) is 7.78. The standard InChI is InChI=1S/C10H16O3/c11-7-3-1-2-5-10(9-13)6-4-8-12/h7-10H,1-6H2. The Hall–Kier alpha value is -0.990. The highest BCUT2D eigenvalue weighted by atomic mass is 16.1. The SMILES string of the molecule is O=CCCCCC(C=O)CCC=O. The molecule has 1 unspecified atom stereocenters. The summed E-state index contributed by atoms with van der Waals surface area (Å²) in [4.78, 5) is 30.5. The van der Waals surface area contributed by atoms with Gasteiger partial charge in [-0.3, -0.25) is 0 Å². The van der Waals surface area contributed by atoms with Gasteiger partial charge in [0.2, 0.25) is 0 Å². The van der Waals surface area contributed by atoms with Crippen LogP contribution < -0.4 is 0 Å². The fraction of sp³-hybridized carbons (Fsp3) is 0.700. The van der Waals surface area contributed by atoms with Gasteiger partial charge in [-0.25, -0.2) is 0 Å². The normalized spacial score (nSPS) is 12.0. The van der Waals surface area contributed by atoms with Crippen LogP contribution in [-0.2, 0) is 14.4 Å². The van der Waals surface area contributed by atoms with Crippen molar-refractivity contribution in [3.05, 3.63) is 0 Å². The summed E-state index contributed by atoms with van der Waals surface area (Å²) in [5.41, 5.74) is 0. The molecule has 0 aliphatic heterocycles. The number of hydrogen-bond acceptors (Lipinski definition) is 3. The summed E-state index contributed by atoms with van der Waals surface area (Å²) in [7, 11) is 0. The molecule has 3 nitrogen and oxygen atoms in total. The average Bonchev–Trinajstić information content (AvgIpc) is 2.17. The van der Waals surface area contributed by atoms with Crippen molar-refractivity contribution in [1.82, 2.24) is 0 Å². The van der Waals surface area contributed by atoms with Crippen molar-refractivity contribution < 1.29 is 14.4 Å².